The van der Waals surface area contributed by atoms with Gasteiger partial charge in [0.25, 0.3) is 11.6 Å². The molecule has 0 atom stereocenters. The summed E-state index contributed by atoms with van der Waals surface area (Å²) in [6.45, 7) is 2.02. The van der Waals surface area contributed by atoms with Gasteiger partial charge in [-0.25, -0.2) is 0 Å². The van der Waals surface area contributed by atoms with Gasteiger partial charge in [-0.15, -0.1) is 0 Å². The molecule has 0 fully saturated rings. The number of nitro benzene ring substituents is 1. The average Bonchev–Trinajstić information content (AvgIpc) is 2.36. The molecule has 0 heterocycles. The summed E-state index contributed by atoms with van der Waals surface area (Å²) in [5.74, 6) is -1.27. The number of benzene rings is 1. The first kappa shape index (κ1) is 15.6. The van der Waals surface area contributed by atoms with Crippen LogP contribution in [-0.2, 0) is 4.79 Å². The summed E-state index contributed by atoms with van der Waals surface area (Å²) >= 11 is 0. The third-order valence-corrected chi connectivity index (χ3v) is 2.64. The van der Waals surface area contributed by atoms with E-state index in [4.69, 9.17) is 5.11 Å². The molecule has 0 spiro atoms. The number of nitrogens with one attached hydrogen (secondary N) is 1. The van der Waals surface area contributed by atoms with Crippen LogP contribution in [0.2, 0.25) is 0 Å². The van der Waals surface area contributed by atoms with Gasteiger partial charge in [0.2, 0.25) is 0 Å². The first-order valence-corrected chi connectivity index (χ1v) is 6.16. The number of hydrogen-bond acceptors (Lipinski definition) is 4. The summed E-state index contributed by atoms with van der Waals surface area (Å²) in [6, 6.07) is 4.18. The fourth-order valence-corrected chi connectivity index (χ4v) is 1.70. The SMILES string of the molecule is Cc1cc(C(=O)NCCCCC(=O)O)cc([N+](=O)[O-])c1. The topological polar surface area (TPSA) is 110 Å². The van der Waals surface area contributed by atoms with E-state index in [1.165, 1.54) is 12.1 Å². The second-order valence-electron chi connectivity index (χ2n) is 4.42. The number of amides is 1. The average molecular weight is 280 g/mol. The van der Waals surface area contributed by atoms with E-state index in [2.05, 4.69) is 5.32 Å². The van der Waals surface area contributed by atoms with E-state index in [1.807, 2.05) is 0 Å². The molecule has 1 rings (SSSR count). The largest absolute Gasteiger partial charge is 0.481 e. The van der Waals surface area contributed by atoms with Gasteiger partial charge in [-0.1, -0.05) is 0 Å². The molecule has 0 unspecified atom stereocenters. The third-order valence-electron chi connectivity index (χ3n) is 2.64. The number of rotatable bonds is 7. The smallest absolute Gasteiger partial charge is 0.303 e. The number of unbranched alkanes of at least 4 members (excludes halogenated alkanes) is 1. The van der Waals surface area contributed by atoms with E-state index in [-0.39, 0.29) is 17.7 Å². The van der Waals surface area contributed by atoms with Crippen molar-refractivity contribution in [2.45, 2.75) is 26.2 Å². The van der Waals surface area contributed by atoms with Crippen LogP contribution in [0.1, 0.15) is 35.2 Å². The molecular formula is C13H16N2O5. The van der Waals surface area contributed by atoms with Crippen molar-refractivity contribution in [1.29, 1.82) is 0 Å². The number of carboxylic acid groups (broad SMARTS) is 1. The fourth-order valence-electron chi connectivity index (χ4n) is 1.70. The molecular weight excluding hydrogens is 264 g/mol. The molecule has 2 N–H and O–H groups in total. The van der Waals surface area contributed by atoms with Crippen LogP contribution in [0.4, 0.5) is 5.69 Å². The van der Waals surface area contributed by atoms with Crippen molar-refractivity contribution in [3.8, 4) is 0 Å². The van der Waals surface area contributed by atoms with Crippen molar-refractivity contribution in [2.24, 2.45) is 0 Å². The van der Waals surface area contributed by atoms with E-state index >= 15 is 0 Å². The van der Waals surface area contributed by atoms with Gasteiger partial charge in [0.15, 0.2) is 0 Å². The minimum atomic E-state index is -0.870. The summed E-state index contributed by atoms with van der Waals surface area (Å²) in [7, 11) is 0. The number of carboxylic acids is 1. The molecule has 1 amide bonds. The lowest BCUT2D eigenvalue weighted by molar-refractivity contribution is -0.384. The van der Waals surface area contributed by atoms with Gasteiger partial charge in [-0.05, 0) is 31.4 Å². The molecule has 1 aromatic carbocycles. The van der Waals surface area contributed by atoms with Crippen molar-refractivity contribution in [3.05, 3.63) is 39.4 Å². The Hall–Kier alpha value is -2.44. The minimum Gasteiger partial charge on any atom is -0.481 e. The van der Waals surface area contributed by atoms with Gasteiger partial charge in [0, 0.05) is 30.7 Å². The highest BCUT2D eigenvalue weighted by molar-refractivity contribution is 5.95. The van der Waals surface area contributed by atoms with Crippen LogP contribution >= 0.6 is 0 Å². The highest BCUT2D eigenvalue weighted by atomic mass is 16.6. The normalized spacial score (nSPS) is 10.1. The molecule has 0 aliphatic carbocycles. The number of carbonyl (C=O) groups excluding carboxylic acids is 1. The fraction of sp³-hybridized carbons (Fsp3) is 0.385. The quantitative estimate of drug-likeness (QED) is 0.450. The number of carbonyl (C=O) groups is 2. The highest BCUT2D eigenvalue weighted by Crippen LogP contribution is 2.16. The molecule has 0 aliphatic heterocycles. The summed E-state index contributed by atoms with van der Waals surface area (Å²) in [4.78, 5) is 32.3. The summed E-state index contributed by atoms with van der Waals surface area (Å²) in [6.07, 6.45) is 1.08. The Balaban J connectivity index is 2.55. The molecule has 1 aromatic rings. The molecule has 0 bridgehead atoms. The van der Waals surface area contributed by atoms with Crippen molar-refractivity contribution in [2.75, 3.05) is 6.54 Å². The van der Waals surface area contributed by atoms with Gasteiger partial charge in [0.05, 0.1) is 4.92 Å². The van der Waals surface area contributed by atoms with Gasteiger partial charge in [-0.2, -0.15) is 0 Å². The maximum atomic E-state index is 11.8. The Morgan fingerprint density at radius 3 is 2.60 bits per heavy atom. The lowest BCUT2D eigenvalue weighted by Crippen LogP contribution is -2.24. The maximum Gasteiger partial charge on any atom is 0.303 e. The van der Waals surface area contributed by atoms with Crippen LogP contribution in [0.5, 0.6) is 0 Å². The predicted molar refractivity (Wildman–Crippen MR) is 71.7 cm³/mol. The molecule has 108 valence electrons. The Kier molecular flexibility index (Phi) is 5.64. The maximum absolute atomic E-state index is 11.8. The molecule has 0 aliphatic rings. The van der Waals surface area contributed by atoms with Gasteiger partial charge in [0.1, 0.15) is 0 Å². The number of non-ortho nitro benzene ring substituents is 1. The Bertz CT molecular complexity index is 527. The van der Waals surface area contributed by atoms with Crippen LogP contribution in [-0.4, -0.2) is 28.5 Å². The standard InChI is InChI=1S/C13H16N2O5/c1-9-6-10(8-11(7-9)15(19)20)13(18)14-5-3-2-4-12(16)17/h6-8H,2-5H2,1H3,(H,14,18)(H,16,17). The Labute approximate surface area is 115 Å². The van der Waals surface area contributed by atoms with Crippen LogP contribution < -0.4 is 5.32 Å². The van der Waals surface area contributed by atoms with Crippen LogP contribution in [0.15, 0.2) is 18.2 Å². The monoisotopic (exact) mass is 280 g/mol. The number of nitro groups is 1. The van der Waals surface area contributed by atoms with E-state index in [9.17, 15) is 19.7 Å². The van der Waals surface area contributed by atoms with Crippen molar-refractivity contribution < 1.29 is 19.6 Å². The summed E-state index contributed by atoms with van der Waals surface area (Å²) < 4.78 is 0. The van der Waals surface area contributed by atoms with Crippen LogP contribution in [0.3, 0.4) is 0 Å². The highest BCUT2D eigenvalue weighted by Gasteiger charge is 2.12. The zero-order valence-corrected chi connectivity index (χ0v) is 11.1. The molecule has 0 saturated heterocycles. The summed E-state index contributed by atoms with van der Waals surface area (Å²) in [5.41, 5.74) is 0.742. The number of aliphatic carboxylic acids is 1. The molecule has 20 heavy (non-hydrogen) atoms. The zero-order chi connectivity index (χ0) is 15.1. The molecule has 7 heteroatoms. The molecule has 0 aromatic heterocycles. The predicted octanol–water partition coefficient (Wildman–Crippen LogP) is 1.89. The molecule has 0 radical (unpaired) electrons. The second-order valence-corrected chi connectivity index (χ2v) is 4.42. The number of aryl methyl sites for hydroxylation is 1. The third kappa shape index (κ3) is 5.05. The van der Waals surface area contributed by atoms with Crippen LogP contribution in [0, 0.1) is 17.0 Å². The van der Waals surface area contributed by atoms with E-state index in [0.717, 1.165) is 0 Å². The van der Waals surface area contributed by atoms with Crippen molar-refractivity contribution in [3.63, 3.8) is 0 Å². The van der Waals surface area contributed by atoms with Crippen molar-refractivity contribution in [1.82, 2.24) is 5.32 Å². The molecule has 0 saturated carbocycles. The van der Waals surface area contributed by atoms with Crippen molar-refractivity contribution >= 4 is 17.6 Å². The van der Waals surface area contributed by atoms with E-state index in [0.29, 0.717) is 24.9 Å². The van der Waals surface area contributed by atoms with E-state index < -0.39 is 16.8 Å². The minimum absolute atomic E-state index is 0.0613. The number of hydrogen-bond donors (Lipinski definition) is 2. The number of nitrogens with zero attached hydrogens (tertiary/aromatic N) is 1. The first-order chi connectivity index (χ1) is 9.40. The Morgan fingerprint density at radius 1 is 1.30 bits per heavy atom. The molecule has 7 nitrogen and oxygen atoms in total. The van der Waals surface area contributed by atoms with Crippen LogP contribution in [0.25, 0.3) is 0 Å². The lowest BCUT2D eigenvalue weighted by Gasteiger charge is -2.05. The first-order valence-electron chi connectivity index (χ1n) is 6.16. The second kappa shape index (κ2) is 7.22. The van der Waals surface area contributed by atoms with E-state index in [1.54, 1.807) is 13.0 Å². The lowest BCUT2D eigenvalue weighted by atomic mass is 10.1. The Morgan fingerprint density at radius 2 is 2.00 bits per heavy atom. The van der Waals surface area contributed by atoms with Gasteiger partial charge in [-0.3, -0.25) is 19.7 Å². The zero-order valence-electron chi connectivity index (χ0n) is 11.1. The van der Waals surface area contributed by atoms with Gasteiger partial charge >= 0.3 is 5.97 Å². The van der Waals surface area contributed by atoms with Gasteiger partial charge < -0.3 is 10.4 Å². The summed E-state index contributed by atoms with van der Waals surface area (Å²) in [5, 5.41) is 21.8.